The Kier molecular flexibility index (Phi) is 7.06. The van der Waals surface area contributed by atoms with Crippen molar-refractivity contribution in [2.75, 3.05) is 18.4 Å². The van der Waals surface area contributed by atoms with E-state index >= 15 is 0 Å². The topological polar surface area (TPSA) is 62.3 Å². The molecule has 0 aromatic carbocycles. The number of rotatable bonds is 6. The van der Waals surface area contributed by atoms with Crippen molar-refractivity contribution in [1.82, 2.24) is 9.88 Å². The molecule has 144 valence electrons. The van der Waals surface area contributed by atoms with Gasteiger partial charge in [-0.05, 0) is 44.4 Å². The van der Waals surface area contributed by atoms with E-state index in [1.807, 2.05) is 10.3 Å². The lowest BCUT2D eigenvalue weighted by Gasteiger charge is -2.36. The molecule has 2 heterocycles. The molecule has 1 saturated heterocycles. The molecule has 1 aromatic rings. The summed E-state index contributed by atoms with van der Waals surface area (Å²) in [5.41, 5.74) is 0. The Morgan fingerprint density at radius 3 is 2.50 bits per heavy atom. The zero-order valence-electron chi connectivity index (χ0n) is 15.8. The van der Waals surface area contributed by atoms with Gasteiger partial charge in [0.2, 0.25) is 11.8 Å². The van der Waals surface area contributed by atoms with E-state index in [1.54, 1.807) is 6.20 Å². The van der Waals surface area contributed by atoms with Crippen LogP contribution in [0.2, 0.25) is 0 Å². The van der Waals surface area contributed by atoms with Crippen LogP contribution < -0.4 is 5.32 Å². The lowest BCUT2D eigenvalue weighted by molar-refractivity contribution is -0.139. The number of aromatic nitrogens is 1. The van der Waals surface area contributed by atoms with Gasteiger partial charge in [-0.15, -0.1) is 11.3 Å². The summed E-state index contributed by atoms with van der Waals surface area (Å²) < 4.78 is 0. The van der Waals surface area contributed by atoms with Gasteiger partial charge in [0.05, 0.1) is 0 Å². The third kappa shape index (κ3) is 5.06. The van der Waals surface area contributed by atoms with Crippen LogP contribution in [0.15, 0.2) is 11.6 Å². The van der Waals surface area contributed by atoms with Gasteiger partial charge in [0.15, 0.2) is 5.13 Å². The number of nitrogens with one attached hydrogen (secondary N) is 1. The monoisotopic (exact) mass is 377 g/mol. The highest BCUT2D eigenvalue weighted by atomic mass is 32.1. The minimum Gasteiger partial charge on any atom is -0.342 e. The van der Waals surface area contributed by atoms with Gasteiger partial charge >= 0.3 is 0 Å². The van der Waals surface area contributed by atoms with Crippen molar-refractivity contribution >= 4 is 28.3 Å². The standard InChI is InChI=1S/C20H31N3O2S/c1-2-3-4-15-5-7-17(8-6-15)19(25)23-12-9-16(10-13-23)18(24)22-20-21-11-14-26-20/h11,14-17H,2-10,12-13H2,1H3,(H,21,22,24). The second-order valence-corrected chi connectivity index (χ2v) is 8.68. The summed E-state index contributed by atoms with van der Waals surface area (Å²) in [4.78, 5) is 31.2. The van der Waals surface area contributed by atoms with Gasteiger partial charge in [0.25, 0.3) is 0 Å². The number of piperidine rings is 1. The first-order chi connectivity index (χ1) is 12.7. The second kappa shape index (κ2) is 9.49. The Bertz CT molecular complexity index is 574. The quantitative estimate of drug-likeness (QED) is 0.803. The Balaban J connectivity index is 1.40. The molecule has 0 radical (unpaired) electrons. The van der Waals surface area contributed by atoms with E-state index in [0.717, 1.165) is 31.6 Å². The average molecular weight is 378 g/mol. The smallest absolute Gasteiger partial charge is 0.229 e. The van der Waals surface area contributed by atoms with E-state index in [-0.39, 0.29) is 17.7 Å². The predicted octanol–water partition coefficient (Wildman–Crippen LogP) is 4.32. The van der Waals surface area contributed by atoms with Crippen LogP contribution in [-0.4, -0.2) is 34.8 Å². The molecule has 26 heavy (non-hydrogen) atoms. The fourth-order valence-corrected chi connectivity index (χ4v) is 4.84. The summed E-state index contributed by atoms with van der Waals surface area (Å²) in [6, 6.07) is 0. The number of thiazole rings is 1. The fourth-order valence-electron chi connectivity index (χ4n) is 4.30. The average Bonchev–Trinajstić information content (AvgIpc) is 3.19. The molecule has 1 aliphatic carbocycles. The first kappa shape index (κ1) is 19.3. The Morgan fingerprint density at radius 1 is 1.15 bits per heavy atom. The summed E-state index contributed by atoms with van der Waals surface area (Å²) in [5.74, 6) is 1.42. The molecule has 0 spiro atoms. The van der Waals surface area contributed by atoms with Crippen molar-refractivity contribution in [3.05, 3.63) is 11.6 Å². The van der Waals surface area contributed by atoms with Crippen LogP contribution in [-0.2, 0) is 9.59 Å². The predicted molar refractivity (Wildman–Crippen MR) is 105 cm³/mol. The molecule has 6 heteroatoms. The zero-order chi connectivity index (χ0) is 18.4. The fraction of sp³-hybridized carbons (Fsp3) is 0.750. The van der Waals surface area contributed by atoms with E-state index in [1.165, 1.54) is 43.4 Å². The first-order valence-electron chi connectivity index (χ1n) is 10.2. The summed E-state index contributed by atoms with van der Waals surface area (Å²) in [5, 5.41) is 5.40. The number of nitrogens with zero attached hydrogens (tertiary/aromatic N) is 2. The SMILES string of the molecule is CCCCC1CCC(C(=O)N2CCC(C(=O)Nc3nccs3)CC2)CC1. The number of carbonyl (C=O) groups excluding carboxylic acids is 2. The normalized spacial score (nSPS) is 24.4. The second-order valence-electron chi connectivity index (χ2n) is 7.79. The molecular weight excluding hydrogens is 346 g/mol. The van der Waals surface area contributed by atoms with Crippen LogP contribution in [0.4, 0.5) is 5.13 Å². The van der Waals surface area contributed by atoms with Gasteiger partial charge in [-0.1, -0.05) is 26.2 Å². The number of likely N-dealkylation sites (tertiary alicyclic amines) is 1. The van der Waals surface area contributed by atoms with Crippen LogP contribution >= 0.6 is 11.3 Å². The van der Waals surface area contributed by atoms with Gasteiger partial charge in [-0.2, -0.15) is 0 Å². The van der Waals surface area contributed by atoms with Crippen LogP contribution in [0.1, 0.15) is 64.7 Å². The number of carbonyl (C=O) groups is 2. The Hall–Kier alpha value is -1.43. The highest BCUT2D eigenvalue weighted by Gasteiger charge is 2.33. The molecule has 0 unspecified atom stereocenters. The number of hydrogen-bond acceptors (Lipinski definition) is 4. The molecule has 0 bridgehead atoms. The summed E-state index contributed by atoms with van der Waals surface area (Å²) in [6.45, 7) is 3.67. The van der Waals surface area contributed by atoms with E-state index in [4.69, 9.17) is 0 Å². The maximum Gasteiger partial charge on any atom is 0.229 e. The molecule has 1 aliphatic heterocycles. The van der Waals surface area contributed by atoms with Gasteiger partial charge in [-0.25, -0.2) is 4.98 Å². The van der Waals surface area contributed by atoms with Crippen LogP contribution in [0.5, 0.6) is 0 Å². The lowest BCUT2D eigenvalue weighted by atomic mass is 9.79. The van der Waals surface area contributed by atoms with E-state index in [0.29, 0.717) is 24.1 Å². The minimum absolute atomic E-state index is 0.00673. The zero-order valence-corrected chi connectivity index (χ0v) is 16.6. The van der Waals surface area contributed by atoms with Gasteiger partial charge in [-0.3, -0.25) is 9.59 Å². The molecule has 1 aromatic heterocycles. The molecule has 1 N–H and O–H groups in total. The molecule has 5 nitrogen and oxygen atoms in total. The van der Waals surface area contributed by atoms with Crippen LogP contribution in [0.25, 0.3) is 0 Å². The summed E-state index contributed by atoms with van der Waals surface area (Å²) in [7, 11) is 0. The van der Waals surface area contributed by atoms with Gasteiger partial charge in [0, 0.05) is 36.5 Å². The molecular formula is C20H31N3O2S. The minimum atomic E-state index is -0.00673. The van der Waals surface area contributed by atoms with Gasteiger partial charge in [0.1, 0.15) is 0 Å². The van der Waals surface area contributed by atoms with E-state index in [2.05, 4.69) is 17.2 Å². The number of amides is 2. The third-order valence-corrected chi connectivity index (χ3v) is 6.69. The largest absolute Gasteiger partial charge is 0.342 e. The van der Waals surface area contributed by atoms with Crippen molar-refractivity contribution in [3.8, 4) is 0 Å². The van der Waals surface area contributed by atoms with Crippen molar-refractivity contribution in [1.29, 1.82) is 0 Å². The molecule has 2 fully saturated rings. The number of anilines is 1. The highest BCUT2D eigenvalue weighted by Crippen LogP contribution is 2.33. The van der Waals surface area contributed by atoms with E-state index < -0.39 is 0 Å². The number of unbranched alkanes of at least 4 members (excludes halogenated alkanes) is 1. The van der Waals surface area contributed by atoms with Crippen molar-refractivity contribution in [2.45, 2.75) is 64.7 Å². The summed E-state index contributed by atoms with van der Waals surface area (Å²) in [6.07, 6.45) is 11.7. The number of hydrogen-bond donors (Lipinski definition) is 1. The van der Waals surface area contributed by atoms with Crippen LogP contribution in [0, 0.1) is 17.8 Å². The lowest BCUT2D eigenvalue weighted by Crippen LogP contribution is -2.44. The molecule has 1 saturated carbocycles. The highest BCUT2D eigenvalue weighted by molar-refractivity contribution is 7.13. The molecule has 2 amide bonds. The summed E-state index contributed by atoms with van der Waals surface area (Å²) >= 11 is 1.44. The van der Waals surface area contributed by atoms with Crippen molar-refractivity contribution in [2.24, 2.45) is 17.8 Å². The van der Waals surface area contributed by atoms with E-state index in [9.17, 15) is 9.59 Å². The maximum absolute atomic E-state index is 12.8. The molecule has 0 atom stereocenters. The Labute approximate surface area is 160 Å². The third-order valence-electron chi connectivity index (χ3n) is 6.00. The molecule has 3 rings (SSSR count). The maximum atomic E-state index is 12.8. The molecule has 2 aliphatic rings. The van der Waals surface area contributed by atoms with Crippen LogP contribution in [0.3, 0.4) is 0 Å². The Morgan fingerprint density at radius 2 is 1.88 bits per heavy atom. The van der Waals surface area contributed by atoms with Gasteiger partial charge < -0.3 is 10.2 Å². The first-order valence-corrected chi connectivity index (χ1v) is 11.0. The van der Waals surface area contributed by atoms with Crippen molar-refractivity contribution < 1.29 is 9.59 Å². The van der Waals surface area contributed by atoms with Crippen molar-refractivity contribution in [3.63, 3.8) is 0 Å².